The fraction of sp³-hybridized carbons (Fsp3) is 0.348. The summed E-state index contributed by atoms with van der Waals surface area (Å²) in [5.74, 6) is -1.43. The van der Waals surface area contributed by atoms with Crippen LogP contribution in [0.3, 0.4) is 0 Å². The Bertz CT molecular complexity index is 1440. The third kappa shape index (κ3) is 3.73. The molecule has 0 spiro atoms. The van der Waals surface area contributed by atoms with Gasteiger partial charge in [-0.25, -0.2) is 4.98 Å². The molecule has 7 nitrogen and oxygen atoms in total. The van der Waals surface area contributed by atoms with Crippen LogP contribution in [0, 0.1) is 6.92 Å². The van der Waals surface area contributed by atoms with E-state index in [-0.39, 0.29) is 29.6 Å². The van der Waals surface area contributed by atoms with Gasteiger partial charge >= 0.3 is 12.4 Å². The molecular weight excluding hydrogens is 494 g/mol. The Morgan fingerprint density at radius 2 is 1.78 bits per heavy atom. The summed E-state index contributed by atoms with van der Waals surface area (Å²) in [5, 5.41) is 0. The van der Waals surface area contributed by atoms with Crippen molar-refractivity contribution in [1.82, 2.24) is 19.0 Å². The lowest BCUT2D eigenvalue weighted by Gasteiger charge is -2.39. The van der Waals surface area contributed by atoms with Gasteiger partial charge in [0.2, 0.25) is 0 Å². The van der Waals surface area contributed by atoms with Gasteiger partial charge in [0.25, 0.3) is 11.5 Å². The average Bonchev–Trinajstić information content (AvgIpc) is 3.39. The predicted molar refractivity (Wildman–Crippen MR) is 113 cm³/mol. The molecular formula is C23H18F6N4O3. The number of nitrogens with zero attached hydrogens (tertiary/aromatic N) is 4. The summed E-state index contributed by atoms with van der Waals surface area (Å²) in [4.78, 5) is 31.8. The van der Waals surface area contributed by atoms with Gasteiger partial charge in [0, 0.05) is 24.3 Å². The van der Waals surface area contributed by atoms with E-state index in [9.17, 15) is 35.9 Å². The summed E-state index contributed by atoms with van der Waals surface area (Å²) in [6.07, 6.45) is -7.06. The highest BCUT2D eigenvalue weighted by Gasteiger charge is 2.46. The summed E-state index contributed by atoms with van der Waals surface area (Å²) in [6.45, 7) is 2.84. The van der Waals surface area contributed by atoms with Crippen molar-refractivity contribution in [2.45, 2.75) is 44.8 Å². The molecule has 0 fully saturated rings. The average molecular weight is 512 g/mol. The van der Waals surface area contributed by atoms with Crippen LogP contribution in [0.25, 0.3) is 5.69 Å². The number of imidazole rings is 1. The second-order valence-electron chi connectivity index (χ2n) is 8.77. The zero-order valence-electron chi connectivity index (χ0n) is 18.8. The van der Waals surface area contributed by atoms with Crippen LogP contribution in [0.1, 0.15) is 45.8 Å². The predicted octanol–water partition coefficient (Wildman–Crippen LogP) is 4.36. The fourth-order valence-electron chi connectivity index (χ4n) is 4.73. The number of hydrogen-bond acceptors (Lipinski definition) is 4. The minimum atomic E-state index is -5.10. The number of fused-ring (bicyclic) bond motifs is 2. The summed E-state index contributed by atoms with van der Waals surface area (Å²) in [5.41, 5.74) is -3.02. The van der Waals surface area contributed by atoms with Crippen molar-refractivity contribution in [1.29, 1.82) is 0 Å². The minimum Gasteiger partial charge on any atom is -0.490 e. The Morgan fingerprint density at radius 3 is 2.39 bits per heavy atom. The van der Waals surface area contributed by atoms with Crippen molar-refractivity contribution < 1.29 is 35.9 Å². The van der Waals surface area contributed by atoms with Gasteiger partial charge in [-0.2, -0.15) is 26.3 Å². The van der Waals surface area contributed by atoms with Crippen molar-refractivity contribution in [3.05, 3.63) is 75.2 Å². The maximum absolute atomic E-state index is 13.6. The number of pyridine rings is 1. The Hall–Kier alpha value is -3.77. The van der Waals surface area contributed by atoms with Crippen LogP contribution in [0.5, 0.6) is 5.75 Å². The molecule has 2 atom stereocenters. The first-order valence-corrected chi connectivity index (χ1v) is 10.8. The number of amides is 1. The fourth-order valence-corrected chi connectivity index (χ4v) is 4.73. The molecule has 190 valence electrons. The highest BCUT2D eigenvalue weighted by atomic mass is 19.4. The molecule has 0 aliphatic carbocycles. The first-order valence-electron chi connectivity index (χ1n) is 10.8. The molecule has 0 saturated heterocycles. The van der Waals surface area contributed by atoms with Crippen molar-refractivity contribution in [3.63, 3.8) is 0 Å². The Labute approximate surface area is 199 Å². The molecule has 0 radical (unpaired) electrons. The summed E-state index contributed by atoms with van der Waals surface area (Å²) in [7, 11) is 0. The molecule has 3 aromatic rings. The zero-order valence-corrected chi connectivity index (χ0v) is 18.8. The molecule has 1 amide bonds. The van der Waals surface area contributed by atoms with Gasteiger partial charge in [-0.1, -0.05) is 0 Å². The Morgan fingerprint density at radius 1 is 1.06 bits per heavy atom. The number of ether oxygens (including phenoxy) is 1. The standard InChI is InChI=1S/C23H18F6N4O3/c1-11-7-31(10-30-11)16-3-4-17-21(35)33(12(2)8-32(17)20(16)34)18-9-36-19-14(18)5-13(22(24,25)26)6-15(19)23(27,28)29/h3-7,10,12,18H,8-9H2,1-2H3/t12-,18?/m1/s1. The zero-order chi connectivity index (χ0) is 26.2. The van der Waals surface area contributed by atoms with Gasteiger partial charge in [0.1, 0.15) is 23.7 Å². The number of hydrogen-bond donors (Lipinski definition) is 0. The number of carbonyl (C=O) groups is 1. The van der Waals surface area contributed by atoms with E-state index < -0.39 is 59.4 Å². The molecule has 1 aromatic carbocycles. The monoisotopic (exact) mass is 512 g/mol. The maximum Gasteiger partial charge on any atom is 0.419 e. The number of alkyl halides is 6. The van der Waals surface area contributed by atoms with Gasteiger partial charge in [-0.05, 0) is 38.1 Å². The lowest BCUT2D eigenvalue weighted by molar-refractivity contribution is -0.143. The number of benzene rings is 1. The lowest BCUT2D eigenvalue weighted by atomic mass is 9.97. The summed E-state index contributed by atoms with van der Waals surface area (Å²) < 4.78 is 89.0. The number of aryl methyl sites for hydroxylation is 1. The van der Waals surface area contributed by atoms with E-state index in [1.807, 2.05) is 0 Å². The molecule has 4 heterocycles. The van der Waals surface area contributed by atoms with E-state index in [0.717, 1.165) is 0 Å². The van der Waals surface area contributed by atoms with E-state index >= 15 is 0 Å². The van der Waals surface area contributed by atoms with Crippen molar-refractivity contribution in [2.24, 2.45) is 0 Å². The summed E-state index contributed by atoms with van der Waals surface area (Å²) in [6, 6.07) is 1.49. The van der Waals surface area contributed by atoms with E-state index in [4.69, 9.17) is 4.74 Å². The van der Waals surface area contributed by atoms with E-state index in [0.29, 0.717) is 11.8 Å². The number of aromatic nitrogens is 3. The Balaban J connectivity index is 1.59. The smallest absolute Gasteiger partial charge is 0.419 e. The molecule has 2 aromatic heterocycles. The van der Waals surface area contributed by atoms with Gasteiger partial charge in [-0.15, -0.1) is 0 Å². The first kappa shape index (κ1) is 23.9. The van der Waals surface area contributed by atoms with E-state index in [1.165, 1.54) is 32.5 Å². The van der Waals surface area contributed by atoms with Crippen LogP contribution in [0.15, 0.2) is 41.6 Å². The van der Waals surface area contributed by atoms with Gasteiger partial charge in [0.05, 0.1) is 29.2 Å². The number of rotatable bonds is 2. The second-order valence-corrected chi connectivity index (χ2v) is 8.77. The number of carbonyl (C=O) groups excluding carboxylic acids is 1. The maximum atomic E-state index is 13.6. The largest absolute Gasteiger partial charge is 0.490 e. The van der Waals surface area contributed by atoms with Crippen LogP contribution in [0.4, 0.5) is 26.3 Å². The Kier molecular flexibility index (Phi) is 5.23. The molecule has 2 aliphatic rings. The van der Waals surface area contributed by atoms with Crippen LogP contribution in [-0.2, 0) is 18.9 Å². The molecule has 36 heavy (non-hydrogen) atoms. The van der Waals surface area contributed by atoms with Crippen LogP contribution in [0.2, 0.25) is 0 Å². The minimum absolute atomic E-state index is 0.0108. The quantitative estimate of drug-likeness (QED) is 0.479. The van der Waals surface area contributed by atoms with E-state index in [2.05, 4.69) is 4.98 Å². The molecule has 0 saturated carbocycles. The molecule has 0 bridgehead atoms. The molecule has 1 unspecified atom stereocenters. The van der Waals surface area contributed by atoms with Crippen molar-refractivity contribution >= 4 is 5.91 Å². The third-order valence-electron chi connectivity index (χ3n) is 6.35. The van der Waals surface area contributed by atoms with Gasteiger partial charge in [0.15, 0.2) is 0 Å². The normalized spacial score (nSPS) is 19.8. The molecule has 2 aliphatic heterocycles. The highest BCUT2D eigenvalue weighted by Crippen LogP contribution is 2.49. The molecule has 13 heteroatoms. The van der Waals surface area contributed by atoms with E-state index in [1.54, 1.807) is 20.0 Å². The summed E-state index contributed by atoms with van der Waals surface area (Å²) >= 11 is 0. The lowest BCUT2D eigenvalue weighted by Crippen LogP contribution is -2.51. The van der Waals surface area contributed by atoms with Gasteiger partial charge in [-0.3, -0.25) is 9.59 Å². The highest BCUT2D eigenvalue weighted by molar-refractivity contribution is 5.94. The van der Waals surface area contributed by atoms with Crippen molar-refractivity contribution in [2.75, 3.05) is 6.61 Å². The van der Waals surface area contributed by atoms with Crippen molar-refractivity contribution in [3.8, 4) is 11.4 Å². The molecule has 5 rings (SSSR count). The van der Waals surface area contributed by atoms with Gasteiger partial charge < -0.3 is 18.8 Å². The molecule has 0 N–H and O–H groups in total. The topological polar surface area (TPSA) is 69.4 Å². The van der Waals surface area contributed by atoms with Crippen LogP contribution in [-0.4, -0.2) is 37.6 Å². The second kappa shape index (κ2) is 7.87. The van der Waals surface area contributed by atoms with Crippen LogP contribution < -0.4 is 10.3 Å². The third-order valence-corrected chi connectivity index (χ3v) is 6.35. The number of halogens is 6. The first-order chi connectivity index (χ1) is 16.8. The van der Waals surface area contributed by atoms with Crippen LogP contribution >= 0.6 is 0 Å². The SMILES string of the molecule is Cc1cn(-c2ccc3n(c2=O)C[C@@H](C)N(C2COc4c2cc(C(F)(F)F)cc4C(F)(F)F)C3=O)cn1.